The summed E-state index contributed by atoms with van der Waals surface area (Å²) in [5.41, 5.74) is 2.46. The van der Waals surface area contributed by atoms with E-state index in [1.807, 2.05) is 12.1 Å². The fourth-order valence-corrected chi connectivity index (χ4v) is 4.41. The Kier molecular flexibility index (Phi) is 6.36. The Morgan fingerprint density at radius 1 is 1.14 bits per heavy atom. The van der Waals surface area contributed by atoms with Gasteiger partial charge in [-0.15, -0.1) is 10.2 Å². The molecule has 1 aromatic carbocycles. The molecule has 2 aromatic heterocycles. The number of piperidine rings is 1. The average molecular weight is 410 g/mol. The minimum Gasteiger partial charge on any atom is -0.497 e. The number of hydrogen-bond acceptors (Lipinski definition) is 7. The minimum atomic E-state index is 0.499. The molecule has 3 aromatic rings. The molecule has 0 saturated carbocycles. The molecule has 1 saturated heterocycles. The molecule has 1 aliphatic heterocycles. The van der Waals surface area contributed by atoms with Gasteiger partial charge in [0.15, 0.2) is 0 Å². The third-order valence-corrected chi connectivity index (χ3v) is 6.30. The van der Waals surface area contributed by atoms with Gasteiger partial charge in [-0.25, -0.2) is 4.98 Å². The van der Waals surface area contributed by atoms with Gasteiger partial charge in [0.25, 0.3) is 0 Å². The molecule has 0 aliphatic carbocycles. The molecule has 3 heterocycles. The molecule has 1 fully saturated rings. The molecule has 0 bridgehead atoms. The number of aryl methyl sites for hydroxylation is 1. The number of hydrogen-bond donors (Lipinski definition) is 1. The summed E-state index contributed by atoms with van der Waals surface area (Å²) in [6.45, 7) is 5.22. The van der Waals surface area contributed by atoms with E-state index >= 15 is 0 Å². The predicted molar refractivity (Wildman–Crippen MR) is 117 cm³/mol. The van der Waals surface area contributed by atoms with Crippen molar-refractivity contribution < 1.29 is 4.74 Å². The zero-order valence-electron chi connectivity index (χ0n) is 17.0. The number of benzene rings is 1. The smallest absolute Gasteiger partial charge is 0.211 e. The second kappa shape index (κ2) is 9.33. The van der Waals surface area contributed by atoms with E-state index < -0.39 is 0 Å². The van der Waals surface area contributed by atoms with E-state index in [1.165, 1.54) is 5.56 Å². The van der Waals surface area contributed by atoms with E-state index in [1.54, 1.807) is 18.4 Å². The Bertz CT molecular complexity index is 936. The second-order valence-corrected chi connectivity index (χ2v) is 8.39. The lowest BCUT2D eigenvalue weighted by Gasteiger charge is -2.31. The van der Waals surface area contributed by atoms with Gasteiger partial charge < -0.3 is 10.1 Å². The van der Waals surface area contributed by atoms with Crippen molar-refractivity contribution in [2.75, 3.05) is 25.5 Å². The number of pyridine rings is 1. The van der Waals surface area contributed by atoms with Crippen molar-refractivity contribution in [1.29, 1.82) is 0 Å². The van der Waals surface area contributed by atoms with E-state index in [0.29, 0.717) is 5.92 Å². The van der Waals surface area contributed by atoms with Crippen molar-refractivity contribution in [3.8, 4) is 5.75 Å². The summed E-state index contributed by atoms with van der Waals surface area (Å²) >= 11 is 1.58. The Labute approximate surface area is 176 Å². The van der Waals surface area contributed by atoms with Crippen LogP contribution in [0.15, 0.2) is 42.5 Å². The van der Waals surface area contributed by atoms with Gasteiger partial charge in [-0.1, -0.05) is 36.5 Å². The maximum atomic E-state index is 5.34. The lowest BCUT2D eigenvalue weighted by atomic mass is 9.93. The normalized spacial score (nSPS) is 15.4. The molecule has 0 unspecified atom stereocenters. The number of nitrogens with zero attached hydrogens (tertiary/aromatic N) is 4. The van der Waals surface area contributed by atoms with Crippen molar-refractivity contribution in [3.05, 3.63) is 58.7 Å². The van der Waals surface area contributed by atoms with Crippen LogP contribution in [0.5, 0.6) is 5.75 Å². The third kappa shape index (κ3) is 5.10. The van der Waals surface area contributed by atoms with Crippen LogP contribution >= 0.6 is 11.3 Å². The highest BCUT2D eigenvalue weighted by atomic mass is 32.1. The topological polar surface area (TPSA) is 63.2 Å². The summed E-state index contributed by atoms with van der Waals surface area (Å²) in [7, 11) is 1.72. The molecule has 0 radical (unpaired) electrons. The van der Waals surface area contributed by atoms with Gasteiger partial charge in [0.1, 0.15) is 16.6 Å². The molecule has 152 valence electrons. The quantitative estimate of drug-likeness (QED) is 0.614. The van der Waals surface area contributed by atoms with Crippen LogP contribution in [0, 0.1) is 0 Å². The number of anilines is 2. The van der Waals surface area contributed by atoms with E-state index in [2.05, 4.69) is 57.7 Å². The summed E-state index contributed by atoms with van der Waals surface area (Å²) in [4.78, 5) is 7.37. The maximum Gasteiger partial charge on any atom is 0.211 e. The molecule has 7 heteroatoms. The fraction of sp³-hybridized carbons (Fsp3) is 0.409. The largest absolute Gasteiger partial charge is 0.497 e. The minimum absolute atomic E-state index is 0.499. The van der Waals surface area contributed by atoms with Crippen LogP contribution in [0.25, 0.3) is 0 Å². The summed E-state index contributed by atoms with van der Waals surface area (Å²) in [6, 6.07) is 14.6. The number of likely N-dealkylation sites (tertiary alicyclic amines) is 1. The molecule has 0 amide bonds. The zero-order valence-corrected chi connectivity index (χ0v) is 17.8. The van der Waals surface area contributed by atoms with E-state index in [0.717, 1.165) is 66.3 Å². The molecule has 6 nitrogen and oxygen atoms in total. The monoisotopic (exact) mass is 409 g/mol. The highest BCUT2D eigenvalue weighted by Gasteiger charge is 2.22. The lowest BCUT2D eigenvalue weighted by molar-refractivity contribution is 0.203. The van der Waals surface area contributed by atoms with Crippen LogP contribution < -0.4 is 10.1 Å². The van der Waals surface area contributed by atoms with E-state index in [4.69, 9.17) is 9.72 Å². The van der Waals surface area contributed by atoms with Gasteiger partial charge in [0.2, 0.25) is 5.13 Å². The van der Waals surface area contributed by atoms with Crippen LogP contribution in [-0.2, 0) is 13.0 Å². The number of aromatic nitrogens is 3. The Morgan fingerprint density at radius 2 is 1.97 bits per heavy atom. The van der Waals surface area contributed by atoms with E-state index in [-0.39, 0.29) is 0 Å². The Morgan fingerprint density at radius 3 is 2.72 bits per heavy atom. The predicted octanol–water partition coefficient (Wildman–Crippen LogP) is 4.63. The van der Waals surface area contributed by atoms with Crippen LogP contribution in [0.4, 0.5) is 10.9 Å². The van der Waals surface area contributed by atoms with Crippen molar-refractivity contribution in [3.63, 3.8) is 0 Å². The Balaban J connectivity index is 1.34. The van der Waals surface area contributed by atoms with Crippen LogP contribution in [0.3, 0.4) is 0 Å². The summed E-state index contributed by atoms with van der Waals surface area (Å²) < 4.78 is 5.34. The van der Waals surface area contributed by atoms with Crippen LogP contribution in [0.1, 0.15) is 41.9 Å². The van der Waals surface area contributed by atoms with Crippen molar-refractivity contribution >= 4 is 22.3 Å². The summed E-state index contributed by atoms with van der Waals surface area (Å²) in [5, 5.41) is 13.5. The summed E-state index contributed by atoms with van der Waals surface area (Å²) in [6.07, 6.45) is 3.15. The van der Waals surface area contributed by atoms with Gasteiger partial charge in [-0.2, -0.15) is 0 Å². The Hall–Kier alpha value is -2.51. The lowest BCUT2D eigenvalue weighted by Crippen LogP contribution is -2.32. The maximum absolute atomic E-state index is 5.34. The van der Waals surface area contributed by atoms with Crippen molar-refractivity contribution in [2.45, 2.75) is 38.6 Å². The van der Waals surface area contributed by atoms with Crippen LogP contribution in [0.2, 0.25) is 0 Å². The molecule has 1 N–H and O–H groups in total. The van der Waals surface area contributed by atoms with Crippen molar-refractivity contribution in [1.82, 2.24) is 20.1 Å². The number of rotatable bonds is 7. The fourth-order valence-electron chi connectivity index (χ4n) is 3.72. The standard InChI is InChI=1S/C22H27N5OS/c1-3-21-25-26-22(29-21)24-20-9-5-8-19(23-20)17-10-12-27(13-11-17)15-16-6-4-7-18(14-16)28-2/h4-9,14,17H,3,10-13,15H2,1-2H3,(H,23,24,26). The van der Waals surface area contributed by atoms with Crippen LogP contribution in [-0.4, -0.2) is 40.3 Å². The molecule has 4 rings (SSSR count). The highest BCUT2D eigenvalue weighted by Crippen LogP contribution is 2.29. The average Bonchev–Trinajstić information content (AvgIpc) is 3.22. The molecule has 0 spiro atoms. The first kappa shape index (κ1) is 19.8. The SMILES string of the molecule is CCc1nnc(Nc2cccc(C3CCN(Cc4cccc(OC)c4)CC3)n2)s1. The van der Waals surface area contributed by atoms with Gasteiger partial charge in [-0.05, 0) is 62.2 Å². The van der Waals surface area contributed by atoms with E-state index in [9.17, 15) is 0 Å². The first-order valence-corrected chi connectivity index (χ1v) is 11.0. The first-order chi connectivity index (χ1) is 14.2. The van der Waals surface area contributed by atoms with Crippen molar-refractivity contribution in [2.24, 2.45) is 0 Å². The second-order valence-electron chi connectivity index (χ2n) is 7.33. The number of ether oxygens (including phenoxy) is 1. The van der Waals surface area contributed by atoms with Gasteiger partial charge in [0, 0.05) is 18.2 Å². The third-order valence-electron chi connectivity index (χ3n) is 5.32. The van der Waals surface area contributed by atoms with Gasteiger partial charge in [-0.3, -0.25) is 4.90 Å². The number of nitrogens with one attached hydrogen (secondary N) is 1. The zero-order chi connectivity index (χ0) is 20.1. The number of methoxy groups -OCH3 is 1. The van der Waals surface area contributed by atoms with Gasteiger partial charge in [0.05, 0.1) is 7.11 Å². The molecule has 29 heavy (non-hydrogen) atoms. The molecular weight excluding hydrogens is 382 g/mol. The van der Waals surface area contributed by atoms with Gasteiger partial charge >= 0.3 is 0 Å². The first-order valence-electron chi connectivity index (χ1n) is 10.1. The molecule has 1 aliphatic rings. The highest BCUT2D eigenvalue weighted by molar-refractivity contribution is 7.15. The summed E-state index contributed by atoms with van der Waals surface area (Å²) in [5.74, 6) is 2.27. The molecular formula is C22H27N5OS. The molecule has 0 atom stereocenters.